The number of nitrogens with one attached hydrogen (secondary N) is 2. The second-order valence-electron chi connectivity index (χ2n) is 8.95. The number of hydrogen-bond donors (Lipinski definition) is 2. The number of nitrogens with zero attached hydrogens (tertiary/aromatic N) is 9. The highest BCUT2D eigenvalue weighted by atomic mass is 16.5. The number of aromatic nitrogens is 7. The first-order chi connectivity index (χ1) is 16.8. The van der Waals surface area contributed by atoms with Gasteiger partial charge < -0.3 is 25.2 Å². The number of piperazine rings is 1. The van der Waals surface area contributed by atoms with Crippen LogP contribution in [0, 0.1) is 0 Å². The molecule has 1 aliphatic carbocycles. The van der Waals surface area contributed by atoms with Gasteiger partial charge in [0.25, 0.3) is 0 Å². The van der Waals surface area contributed by atoms with Crippen LogP contribution in [-0.4, -0.2) is 86.7 Å². The Morgan fingerprint density at radius 2 is 1.76 bits per heavy atom. The molecule has 0 radical (unpaired) electrons. The van der Waals surface area contributed by atoms with Crippen molar-refractivity contribution in [3.8, 4) is 0 Å². The first-order valence-corrected chi connectivity index (χ1v) is 11.9. The second-order valence-corrected chi connectivity index (χ2v) is 8.95. The van der Waals surface area contributed by atoms with Gasteiger partial charge in [-0.05, 0) is 24.3 Å². The smallest absolute Gasteiger partial charge is 0.232 e. The molecule has 0 amide bonds. The van der Waals surface area contributed by atoms with E-state index >= 15 is 0 Å². The zero-order valence-corrected chi connectivity index (χ0v) is 19.0. The monoisotopic (exact) mass is 463 g/mol. The first-order valence-electron chi connectivity index (χ1n) is 11.9. The Morgan fingerprint density at radius 3 is 2.50 bits per heavy atom. The van der Waals surface area contributed by atoms with Crippen molar-refractivity contribution in [2.45, 2.75) is 31.4 Å². The molecule has 5 heterocycles. The molecule has 1 atom stereocenters. The SMILES string of the molecule is c1nc(Nc2cnn(CC3CNCCO3)c2)nc(N2CCN(c3ncc(C4CC4)cn3)CC2)n1. The molecule has 2 aliphatic heterocycles. The van der Waals surface area contributed by atoms with Crippen molar-refractivity contribution in [3.63, 3.8) is 0 Å². The van der Waals surface area contributed by atoms with Crippen LogP contribution in [0.5, 0.6) is 0 Å². The summed E-state index contributed by atoms with van der Waals surface area (Å²) in [6.07, 6.45) is 11.9. The van der Waals surface area contributed by atoms with E-state index < -0.39 is 0 Å². The van der Waals surface area contributed by atoms with Gasteiger partial charge in [0.1, 0.15) is 6.33 Å². The summed E-state index contributed by atoms with van der Waals surface area (Å²) in [6.45, 7) is 6.41. The number of morpholine rings is 1. The normalized spacial score (nSPS) is 21.0. The highest BCUT2D eigenvalue weighted by Crippen LogP contribution is 2.39. The average Bonchev–Trinajstić information content (AvgIpc) is 3.66. The maximum absolute atomic E-state index is 5.75. The van der Waals surface area contributed by atoms with E-state index in [1.807, 2.05) is 23.3 Å². The van der Waals surface area contributed by atoms with E-state index in [2.05, 4.69) is 50.5 Å². The van der Waals surface area contributed by atoms with Gasteiger partial charge in [-0.1, -0.05) is 0 Å². The zero-order chi connectivity index (χ0) is 22.7. The van der Waals surface area contributed by atoms with Crippen LogP contribution in [0.2, 0.25) is 0 Å². The highest BCUT2D eigenvalue weighted by molar-refractivity contribution is 5.51. The summed E-state index contributed by atoms with van der Waals surface area (Å²) in [5.41, 5.74) is 2.09. The highest BCUT2D eigenvalue weighted by Gasteiger charge is 2.25. The lowest BCUT2D eigenvalue weighted by Crippen LogP contribution is -2.47. The molecule has 0 bridgehead atoms. The largest absolute Gasteiger partial charge is 0.374 e. The Labute approximate surface area is 197 Å². The van der Waals surface area contributed by atoms with Crippen molar-refractivity contribution in [1.29, 1.82) is 0 Å². The minimum Gasteiger partial charge on any atom is -0.374 e. The second kappa shape index (κ2) is 9.47. The Bertz CT molecular complexity index is 1090. The van der Waals surface area contributed by atoms with Crippen molar-refractivity contribution < 1.29 is 4.74 Å². The van der Waals surface area contributed by atoms with Crippen LogP contribution in [0.15, 0.2) is 31.1 Å². The fraction of sp³-hybridized carbons (Fsp3) is 0.545. The lowest BCUT2D eigenvalue weighted by Gasteiger charge is -2.34. The van der Waals surface area contributed by atoms with Crippen LogP contribution in [0.25, 0.3) is 0 Å². The Morgan fingerprint density at radius 1 is 0.971 bits per heavy atom. The van der Waals surface area contributed by atoms with Gasteiger partial charge in [-0.25, -0.2) is 19.9 Å². The third-order valence-corrected chi connectivity index (χ3v) is 6.40. The van der Waals surface area contributed by atoms with Crippen LogP contribution in [0.1, 0.15) is 24.3 Å². The topological polar surface area (TPSA) is 122 Å². The van der Waals surface area contributed by atoms with Crippen molar-refractivity contribution in [2.24, 2.45) is 0 Å². The van der Waals surface area contributed by atoms with E-state index in [1.165, 1.54) is 18.4 Å². The molecule has 12 heteroatoms. The first kappa shape index (κ1) is 21.2. The summed E-state index contributed by atoms with van der Waals surface area (Å²) in [4.78, 5) is 26.9. The van der Waals surface area contributed by atoms with Gasteiger partial charge in [0.2, 0.25) is 17.8 Å². The quantitative estimate of drug-likeness (QED) is 0.517. The number of hydrogen-bond acceptors (Lipinski definition) is 11. The van der Waals surface area contributed by atoms with E-state index in [9.17, 15) is 0 Å². The summed E-state index contributed by atoms with van der Waals surface area (Å²) in [6, 6.07) is 0. The molecular formula is C22H29N11O. The Balaban J connectivity index is 1.04. The van der Waals surface area contributed by atoms with Gasteiger partial charge in [0.15, 0.2) is 0 Å². The predicted octanol–water partition coefficient (Wildman–Crippen LogP) is 0.794. The zero-order valence-electron chi connectivity index (χ0n) is 19.0. The molecule has 3 aliphatic rings. The summed E-state index contributed by atoms with van der Waals surface area (Å²) in [5.74, 6) is 2.64. The van der Waals surface area contributed by atoms with Gasteiger partial charge in [-0.15, -0.1) is 0 Å². The predicted molar refractivity (Wildman–Crippen MR) is 126 cm³/mol. The molecule has 1 unspecified atom stereocenters. The van der Waals surface area contributed by atoms with Gasteiger partial charge in [-0.3, -0.25) is 4.68 Å². The van der Waals surface area contributed by atoms with Crippen LogP contribution in [0.4, 0.5) is 23.5 Å². The maximum atomic E-state index is 5.75. The summed E-state index contributed by atoms with van der Waals surface area (Å²) < 4.78 is 7.63. The molecule has 2 N–H and O–H groups in total. The minimum absolute atomic E-state index is 0.130. The molecule has 3 fully saturated rings. The third kappa shape index (κ3) is 4.92. The molecule has 34 heavy (non-hydrogen) atoms. The lowest BCUT2D eigenvalue weighted by atomic mass is 10.2. The van der Waals surface area contributed by atoms with E-state index in [0.29, 0.717) is 24.4 Å². The van der Waals surface area contributed by atoms with E-state index in [4.69, 9.17) is 4.74 Å². The molecule has 2 saturated heterocycles. The van der Waals surface area contributed by atoms with Crippen LogP contribution < -0.4 is 20.4 Å². The van der Waals surface area contributed by atoms with Gasteiger partial charge >= 0.3 is 0 Å². The maximum Gasteiger partial charge on any atom is 0.232 e. The Hall–Kier alpha value is -3.38. The molecule has 12 nitrogen and oxygen atoms in total. The number of rotatable bonds is 7. The molecule has 0 aromatic carbocycles. The average molecular weight is 464 g/mol. The molecular weight excluding hydrogens is 434 g/mol. The fourth-order valence-electron chi connectivity index (χ4n) is 4.33. The fourth-order valence-corrected chi connectivity index (χ4v) is 4.33. The standard InChI is InChI=1S/C22H29N11O/c1-2-16(1)17-9-24-21(25-10-17)31-4-6-32(7-5-31)22-27-15-26-20(30-22)29-18-11-28-33(13-18)14-19-12-23-3-8-34-19/h9-11,13,15-16,19,23H,1-8,12,14H2,(H,26,27,29,30). The van der Waals surface area contributed by atoms with E-state index in [0.717, 1.165) is 57.5 Å². The molecule has 178 valence electrons. The van der Waals surface area contributed by atoms with Crippen LogP contribution in [0.3, 0.4) is 0 Å². The minimum atomic E-state index is 0.130. The van der Waals surface area contributed by atoms with Gasteiger partial charge in [0.05, 0.1) is 31.1 Å². The van der Waals surface area contributed by atoms with Gasteiger partial charge in [0, 0.05) is 57.9 Å². The summed E-state index contributed by atoms with van der Waals surface area (Å²) in [5, 5.41) is 11.0. The third-order valence-electron chi connectivity index (χ3n) is 6.40. The summed E-state index contributed by atoms with van der Waals surface area (Å²) >= 11 is 0. The molecule has 1 saturated carbocycles. The van der Waals surface area contributed by atoms with Crippen molar-refractivity contribution in [2.75, 3.05) is 61.0 Å². The lowest BCUT2D eigenvalue weighted by molar-refractivity contribution is 0.0161. The van der Waals surface area contributed by atoms with Crippen molar-refractivity contribution >= 4 is 23.5 Å². The molecule has 0 spiro atoms. The molecule has 3 aromatic rings. The number of anilines is 4. The molecule has 6 rings (SSSR count). The van der Waals surface area contributed by atoms with Gasteiger partial charge in [-0.2, -0.15) is 10.1 Å². The summed E-state index contributed by atoms with van der Waals surface area (Å²) in [7, 11) is 0. The number of ether oxygens (including phenoxy) is 1. The molecule has 3 aromatic heterocycles. The van der Waals surface area contributed by atoms with E-state index in [1.54, 1.807) is 12.5 Å². The van der Waals surface area contributed by atoms with Crippen LogP contribution >= 0.6 is 0 Å². The van der Waals surface area contributed by atoms with Crippen molar-refractivity contribution in [1.82, 2.24) is 40.0 Å². The van der Waals surface area contributed by atoms with Crippen molar-refractivity contribution in [3.05, 3.63) is 36.7 Å². The van der Waals surface area contributed by atoms with E-state index in [-0.39, 0.29) is 6.10 Å². The Kier molecular flexibility index (Phi) is 5.90. The van der Waals surface area contributed by atoms with Crippen LogP contribution in [-0.2, 0) is 11.3 Å².